The van der Waals surface area contributed by atoms with Crippen LogP contribution in [0.2, 0.25) is 0 Å². The number of aromatic nitrogens is 1. The first-order valence-electron chi connectivity index (χ1n) is 8.39. The lowest BCUT2D eigenvalue weighted by molar-refractivity contribution is 0.286. The van der Waals surface area contributed by atoms with Gasteiger partial charge in [-0.25, -0.2) is 4.98 Å². The molecule has 0 bridgehead atoms. The minimum absolute atomic E-state index is 0.533. The van der Waals surface area contributed by atoms with E-state index in [4.69, 9.17) is 9.47 Å². The van der Waals surface area contributed by atoms with Crippen molar-refractivity contribution in [3.05, 3.63) is 51.3 Å². The molecule has 0 N–H and O–H groups in total. The molecule has 0 aliphatic rings. The van der Waals surface area contributed by atoms with Crippen LogP contribution in [0.4, 0.5) is 0 Å². The highest BCUT2D eigenvalue weighted by atomic mass is 79.9. The summed E-state index contributed by atoms with van der Waals surface area (Å²) in [5.74, 6) is 1.33. The van der Waals surface area contributed by atoms with Crippen molar-refractivity contribution in [2.75, 3.05) is 13.2 Å². The van der Waals surface area contributed by atoms with Crippen LogP contribution in [-0.4, -0.2) is 18.2 Å². The molecule has 138 valence electrons. The van der Waals surface area contributed by atoms with E-state index < -0.39 is 0 Å². The summed E-state index contributed by atoms with van der Waals surface area (Å²) in [7, 11) is 0. The Labute approximate surface area is 175 Å². The molecule has 0 fully saturated rings. The summed E-state index contributed by atoms with van der Waals surface area (Å²) in [5.41, 5.74) is 1.81. The van der Waals surface area contributed by atoms with E-state index in [0.29, 0.717) is 29.6 Å². The normalized spacial score (nSPS) is 11.4. The molecule has 27 heavy (non-hydrogen) atoms. The van der Waals surface area contributed by atoms with Gasteiger partial charge in [0.2, 0.25) is 0 Å². The van der Waals surface area contributed by atoms with Crippen LogP contribution >= 0.6 is 39.0 Å². The second-order valence-electron chi connectivity index (χ2n) is 5.37. The second kappa shape index (κ2) is 9.27. The van der Waals surface area contributed by atoms with Gasteiger partial charge in [0.25, 0.3) is 0 Å². The quantitative estimate of drug-likeness (QED) is 0.296. The molecule has 3 aromatic rings. The molecule has 0 aliphatic heterocycles. The Morgan fingerprint density at radius 2 is 2.04 bits per heavy atom. The first-order valence-corrected chi connectivity index (χ1v) is 10.8. The Morgan fingerprint density at radius 1 is 1.26 bits per heavy atom. The van der Waals surface area contributed by atoms with Crippen LogP contribution in [0, 0.1) is 11.3 Å². The van der Waals surface area contributed by atoms with Crippen molar-refractivity contribution in [1.29, 1.82) is 5.26 Å². The van der Waals surface area contributed by atoms with Crippen molar-refractivity contribution in [1.82, 2.24) is 4.98 Å². The minimum atomic E-state index is 0.533. The number of benzene rings is 2. The Hall–Kier alpha value is -2.01. The molecule has 0 saturated carbocycles. The third kappa shape index (κ3) is 4.83. The fourth-order valence-electron chi connectivity index (χ4n) is 2.44. The summed E-state index contributed by atoms with van der Waals surface area (Å²) >= 11 is 6.49. The molecular weight excluding hydrogens is 444 g/mol. The fraction of sp³-hybridized carbons (Fsp3) is 0.200. The summed E-state index contributed by atoms with van der Waals surface area (Å²) < 4.78 is 14.1. The summed E-state index contributed by atoms with van der Waals surface area (Å²) in [6.45, 7) is 4.93. The predicted molar refractivity (Wildman–Crippen MR) is 116 cm³/mol. The zero-order valence-corrected chi connectivity index (χ0v) is 18.1. The lowest BCUT2D eigenvalue weighted by atomic mass is 10.2. The average molecular weight is 461 g/mol. The van der Waals surface area contributed by atoms with Crippen LogP contribution in [0.5, 0.6) is 11.5 Å². The highest BCUT2D eigenvalue weighted by molar-refractivity contribution is 9.10. The van der Waals surface area contributed by atoms with Crippen LogP contribution in [0.15, 0.2) is 50.1 Å². The van der Waals surface area contributed by atoms with Gasteiger partial charge in [-0.1, -0.05) is 12.1 Å². The molecule has 2 aromatic carbocycles. The van der Waals surface area contributed by atoms with Gasteiger partial charge in [-0.05, 0) is 77.4 Å². The third-order valence-electron chi connectivity index (χ3n) is 3.50. The van der Waals surface area contributed by atoms with Gasteiger partial charge in [0.05, 0.1) is 32.8 Å². The lowest BCUT2D eigenvalue weighted by Gasteiger charge is -2.13. The zero-order valence-electron chi connectivity index (χ0n) is 14.9. The van der Waals surface area contributed by atoms with E-state index >= 15 is 0 Å². The van der Waals surface area contributed by atoms with Gasteiger partial charge in [0, 0.05) is 0 Å². The molecule has 1 aromatic heterocycles. The monoisotopic (exact) mass is 460 g/mol. The maximum Gasteiger partial charge on any atom is 0.175 e. The first-order chi connectivity index (χ1) is 13.1. The first kappa shape index (κ1) is 19.7. The number of nitriles is 1. The van der Waals surface area contributed by atoms with Crippen molar-refractivity contribution in [3.8, 4) is 17.6 Å². The number of ether oxygens (including phenoxy) is 2. The predicted octanol–water partition coefficient (Wildman–Crippen LogP) is 6.51. The van der Waals surface area contributed by atoms with E-state index in [-0.39, 0.29) is 0 Å². The highest BCUT2D eigenvalue weighted by Gasteiger charge is 2.13. The number of halogens is 1. The molecule has 0 atom stereocenters. The highest BCUT2D eigenvalue weighted by Crippen LogP contribution is 2.39. The Balaban J connectivity index is 1.91. The van der Waals surface area contributed by atoms with Gasteiger partial charge >= 0.3 is 0 Å². The van der Waals surface area contributed by atoms with Gasteiger partial charge < -0.3 is 9.47 Å². The van der Waals surface area contributed by atoms with Gasteiger partial charge in [-0.3, -0.25) is 0 Å². The number of thiazole rings is 1. The van der Waals surface area contributed by atoms with Crippen molar-refractivity contribution in [3.63, 3.8) is 0 Å². The molecule has 0 aliphatic carbocycles. The van der Waals surface area contributed by atoms with E-state index in [0.717, 1.165) is 24.6 Å². The summed E-state index contributed by atoms with van der Waals surface area (Å²) in [6.07, 6.45) is 1.83. The number of allylic oxidation sites excluding steroid dienone is 1. The van der Waals surface area contributed by atoms with Crippen molar-refractivity contribution < 1.29 is 9.47 Å². The van der Waals surface area contributed by atoms with Crippen molar-refractivity contribution >= 4 is 55.3 Å². The number of nitrogens with zero attached hydrogens (tertiary/aromatic N) is 2. The van der Waals surface area contributed by atoms with E-state index in [1.54, 1.807) is 11.3 Å². The van der Waals surface area contributed by atoms with Gasteiger partial charge in [-0.15, -0.1) is 11.3 Å². The fourth-order valence-corrected chi connectivity index (χ4v) is 4.99. The Morgan fingerprint density at radius 3 is 2.74 bits per heavy atom. The van der Waals surface area contributed by atoms with E-state index in [1.807, 2.05) is 56.3 Å². The van der Waals surface area contributed by atoms with Crippen LogP contribution in [0.3, 0.4) is 0 Å². The van der Waals surface area contributed by atoms with E-state index in [9.17, 15) is 5.26 Å². The summed E-state index contributed by atoms with van der Waals surface area (Å²) in [6, 6.07) is 14.0. The summed E-state index contributed by atoms with van der Waals surface area (Å²) in [4.78, 5) is 5.14. The molecule has 0 amide bonds. The topological polar surface area (TPSA) is 55.1 Å². The lowest BCUT2D eigenvalue weighted by Crippen LogP contribution is -1.99. The molecule has 3 rings (SSSR count). The minimum Gasteiger partial charge on any atom is -0.490 e. The Kier molecular flexibility index (Phi) is 6.78. The number of para-hydroxylation sites is 1. The Bertz CT molecular complexity index is 991. The van der Waals surface area contributed by atoms with Gasteiger partial charge in [0.1, 0.15) is 6.07 Å². The van der Waals surface area contributed by atoms with Crippen LogP contribution in [0.1, 0.15) is 19.4 Å². The number of thioether (sulfide) groups is 1. The van der Waals surface area contributed by atoms with Gasteiger partial charge in [-0.2, -0.15) is 5.26 Å². The average Bonchev–Trinajstić information content (AvgIpc) is 3.06. The molecule has 0 saturated heterocycles. The molecule has 1 heterocycles. The van der Waals surface area contributed by atoms with Crippen molar-refractivity contribution in [2.24, 2.45) is 0 Å². The number of rotatable bonds is 7. The molecule has 0 radical (unpaired) electrons. The maximum atomic E-state index is 9.57. The number of hydrogen-bond acceptors (Lipinski definition) is 6. The maximum absolute atomic E-state index is 9.57. The SMILES string of the molecule is CCOc1cc(/C=C(\C#N)Sc2nc3ccccc3s2)cc(Br)c1OCC. The summed E-state index contributed by atoms with van der Waals surface area (Å²) in [5, 5.41) is 9.57. The largest absolute Gasteiger partial charge is 0.490 e. The van der Waals surface area contributed by atoms with E-state index in [2.05, 4.69) is 27.0 Å². The van der Waals surface area contributed by atoms with Crippen LogP contribution < -0.4 is 9.47 Å². The number of hydrogen-bond donors (Lipinski definition) is 0. The molecular formula is C20H17BrN2O2S2. The standard InChI is InChI=1S/C20H17BrN2O2S2/c1-3-24-17-11-13(10-15(21)19(17)25-4-2)9-14(12-22)26-20-23-16-7-5-6-8-18(16)27-20/h5-11H,3-4H2,1-2H3/b14-9+. The van der Waals surface area contributed by atoms with E-state index in [1.165, 1.54) is 11.8 Å². The van der Waals surface area contributed by atoms with Gasteiger partial charge in [0.15, 0.2) is 15.8 Å². The van der Waals surface area contributed by atoms with Crippen LogP contribution in [0.25, 0.3) is 16.3 Å². The van der Waals surface area contributed by atoms with Crippen molar-refractivity contribution in [2.45, 2.75) is 18.2 Å². The molecule has 0 spiro atoms. The zero-order chi connectivity index (χ0) is 19.2. The second-order valence-corrected chi connectivity index (χ2v) is 8.54. The van der Waals surface area contributed by atoms with Crippen LogP contribution in [-0.2, 0) is 0 Å². The number of fused-ring (bicyclic) bond motifs is 1. The molecule has 4 nitrogen and oxygen atoms in total. The molecule has 7 heteroatoms. The molecule has 0 unspecified atom stereocenters. The smallest absolute Gasteiger partial charge is 0.175 e. The third-order valence-corrected chi connectivity index (χ3v) is 6.11.